The Hall–Kier alpha value is -3.04. The van der Waals surface area contributed by atoms with Crippen LogP contribution >= 0.6 is 11.3 Å². The summed E-state index contributed by atoms with van der Waals surface area (Å²) < 4.78 is 5.61. The fourth-order valence-corrected chi connectivity index (χ4v) is 6.18. The van der Waals surface area contributed by atoms with Gasteiger partial charge in [0, 0.05) is 18.0 Å². The molecule has 9 heteroatoms. The lowest BCUT2D eigenvalue weighted by Gasteiger charge is -2.21. The highest BCUT2D eigenvalue weighted by atomic mass is 32.1. The van der Waals surface area contributed by atoms with Crippen LogP contribution in [-0.4, -0.2) is 53.8 Å². The zero-order valence-electron chi connectivity index (χ0n) is 19.0. The lowest BCUT2D eigenvalue weighted by Crippen LogP contribution is -2.45. The van der Waals surface area contributed by atoms with Crippen LogP contribution in [-0.2, 0) is 22.4 Å². The Morgan fingerprint density at radius 2 is 1.82 bits per heavy atom. The zero-order valence-corrected chi connectivity index (χ0v) is 19.8. The van der Waals surface area contributed by atoms with Crippen LogP contribution in [0.2, 0.25) is 0 Å². The highest BCUT2D eigenvalue weighted by Crippen LogP contribution is 2.38. The number of hydrogen-bond acceptors (Lipinski definition) is 6. The molecule has 3 aliphatic rings. The van der Waals surface area contributed by atoms with Gasteiger partial charge in [-0.2, -0.15) is 0 Å². The average Bonchev–Trinajstić information content (AvgIpc) is 3.55. The molecule has 0 bridgehead atoms. The molecular formula is C25H27N3O5S. The summed E-state index contributed by atoms with van der Waals surface area (Å²) in [6.07, 6.45) is 5.63. The predicted octanol–water partition coefficient (Wildman–Crippen LogP) is 3.16. The van der Waals surface area contributed by atoms with Crippen molar-refractivity contribution >= 4 is 40.0 Å². The third kappa shape index (κ3) is 4.03. The van der Waals surface area contributed by atoms with Crippen LogP contribution in [0, 0.1) is 0 Å². The van der Waals surface area contributed by atoms with Gasteiger partial charge in [0.2, 0.25) is 5.91 Å². The Bertz CT molecular complexity index is 1130. The van der Waals surface area contributed by atoms with E-state index in [1.54, 1.807) is 24.3 Å². The number of amides is 4. The van der Waals surface area contributed by atoms with E-state index in [-0.39, 0.29) is 12.0 Å². The van der Waals surface area contributed by atoms with Gasteiger partial charge in [-0.25, -0.2) is 0 Å². The van der Waals surface area contributed by atoms with E-state index in [9.17, 15) is 19.2 Å². The number of fused-ring (bicyclic) bond motifs is 2. The van der Waals surface area contributed by atoms with Gasteiger partial charge < -0.3 is 15.4 Å². The third-order valence-corrected chi connectivity index (χ3v) is 7.95. The Balaban J connectivity index is 1.36. The van der Waals surface area contributed by atoms with Crippen molar-refractivity contribution in [3.63, 3.8) is 0 Å². The quantitative estimate of drug-likeness (QED) is 0.617. The van der Waals surface area contributed by atoms with E-state index in [0.717, 1.165) is 53.9 Å². The van der Waals surface area contributed by atoms with E-state index in [4.69, 9.17) is 4.74 Å². The van der Waals surface area contributed by atoms with E-state index in [1.165, 1.54) is 18.3 Å². The molecule has 0 spiro atoms. The van der Waals surface area contributed by atoms with Crippen LogP contribution in [0.25, 0.3) is 0 Å². The second-order valence-corrected chi connectivity index (χ2v) is 10.1. The molecule has 34 heavy (non-hydrogen) atoms. The van der Waals surface area contributed by atoms with Crippen molar-refractivity contribution in [1.82, 2.24) is 10.2 Å². The van der Waals surface area contributed by atoms with Crippen LogP contribution in [0.5, 0.6) is 0 Å². The molecule has 0 radical (unpaired) electrons. The minimum atomic E-state index is -1.02. The van der Waals surface area contributed by atoms with E-state index in [2.05, 4.69) is 10.6 Å². The molecule has 1 saturated heterocycles. The SMILES string of the molecule is C[C@@H](C(=O)Nc1sc2c(c1C(=O)NC[C@H]1CCCO1)CCCC2)N1C(=O)c2ccccc2C1=O. The lowest BCUT2D eigenvalue weighted by molar-refractivity contribution is -0.119. The Kier molecular flexibility index (Phi) is 6.22. The van der Waals surface area contributed by atoms with Gasteiger partial charge in [0.05, 0.1) is 22.8 Å². The van der Waals surface area contributed by atoms with Crippen molar-refractivity contribution in [2.75, 3.05) is 18.5 Å². The van der Waals surface area contributed by atoms with Gasteiger partial charge in [0.15, 0.2) is 0 Å². The molecule has 4 amide bonds. The Morgan fingerprint density at radius 1 is 1.12 bits per heavy atom. The van der Waals surface area contributed by atoms with E-state index in [0.29, 0.717) is 34.8 Å². The van der Waals surface area contributed by atoms with E-state index < -0.39 is 23.8 Å². The largest absolute Gasteiger partial charge is 0.376 e. The Labute approximate surface area is 201 Å². The number of thiophene rings is 1. The maximum Gasteiger partial charge on any atom is 0.262 e. The number of rotatable bonds is 6. The fraction of sp³-hybridized carbons (Fsp3) is 0.440. The summed E-state index contributed by atoms with van der Waals surface area (Å²) in [6.45, 7) is 2.68. The first-order valence-corrected chi connectivity index (χ1v) is 12.6. The average molecular weight is 482 g/mol. The molecular weight excluding hydrogens is 454 g/mol. The highest BCUT2D eigenvalue weighted by Gasteiger charge is 2.41. The van der Waals surface area contributed by atoms with Gasteiger partial charge in [-0.3, -0.25) is 24.1 Å². The van der Waals surface area contributed by atoms with E-state index in [1.807, 2.05) is 0 Å². The molecule has 8 nitrogen and oxygen atoms in total. The van der Waals surface area contributed by atoms with Crippen LogP contribution in [0.4, 0.5) is 5.00 Å². The summed E-state index contributed by atoms with van der Waals surface area (Å²) >= 11 is 1.41. The molecule has 0 saturated carbocycles. The third-order valence-electron chi connectivity index (χ3n) is 6.74. The van der Waals surface area contributed by atoms with Gasteiger partial charge in [0.25, 0.3) is 17.7 Å². The first-order chi connectivity index (χ1) is 16.5. The second-order valence-electron chi connectivity index (χ2n) is 8.95. The number of imide groups is 1. The molecule has 2 N–H and O–H groups in total. The topological polar surface area (TPSA) is 105 Å². The first-order valence-electron chi connectivity index (χ1n) is 11.8. The molecule has 0 unspecified atom stereocenters. The molecule has 1 fully saturated rings. The van der Waals surface area contributed by atoms with Crippen molar-refractivity contribution in [2.45, 2.75) is 57.6 Å². The number of carbonyl (C=O) groups is 4. The van der Waals surface area contributed by atoms with Crippen molar-refractivity contribution in [3.8, 4) is 0 Å². The fourth-order valence-electron chi connectivity index (χ4n) is 4.89. The van der Waals surface area contributed by atoms with Gasteiger partial charge in [-0.1, -0.05) is 12.1 Å². The zero-order chi connectivity index (χ0) is 23.8. The summed E-state index contributed by atoms with van der Waals surface area (Å²) in [5.74, 6) is -1.69. The summed E-state index contributed by atoms with van der Waals surface area (Å²) in [4.78, 5) is 54.1. The number of nitrogens with zero attached hydrogens (tertiary/aromatic N) is 1. The van der Waals surface area contributed by atoms with E-state index >= 15 is 0 Å². The summed E-state index contributed by atoms with van der Waals surface area (Å²) in [5, 5.41) is 6.31. The molecule has 178 valence electrons. The Morgan fingerprint density at radius 3 is 2.50 bits per heavy atom. The molecule has 1 aromatic carbocycles. The second kappa shape index (κ2) is 9.31. The van der Waals surface area contributed by atoms with Gasteiger partial charge in [-0.05, 0) is 63.1 Å². The number of benzene rings is 1. The smallest absolute Gasteiger partial charge is 0.262 e. The first kappa shape index (κ1) is 22.7. The highest BCUT2D eigenvalue weighted by molar-refractivity contribution is 7.17. The van der Waals surface area contributed by atoms with Crippen molar-refractivity contribution in [2.24, 2.45) is 0 Å². The van der Waals surface area contributed by atoms with Gasteiger partial charge in [0.1, 0.15) is 11.0 Å². The van der Waals surface area contributed by atoms with Gasteiger partial charge in [-0.15, -0.1) is 11.3 Å². The lowest BCUT2D eigenvalue weighted by atomic mass is 9.95. The van der Waals surface area contributed by atoms with Crippen molar-refractivity contribution < 1.29 is 23.9 Å². The molecule has 1 aromatic heterocycles. The number of carbonyl (C=O) groups excluding carboxylic acids is 4. The normalized spacial score (nSPS) is 20.1. The number of aryl methyl sites for hydroxylation is 1. The van der Waals surface area contributed by atoms with Crippen molar-refractivity contribution in [3.05, 3.63) is 51.4 Å². The number of hydrogen-bond donors (Lipinski definition) is 2. The molecule has 2 aliphatic heterocycles. The number of ether oxygens (including phenoxy) is 1. The standard InChI is InChI=1S/C25H27N3O5S/c1-14(28-24(31)16-8-2-3-9-17(16)25(28)32)21(29)27-23-20(18-10-4-5-11-19(18)34-23)22(30)26-13-15-7-6-12-33-15/h2-3,8-9,14-15H,4-7,10-13H2,1H3,(H,26,30)(H,27,29)/t14-,15+/m0/s1. The summed E-state index contributed by atoms with van der Waals surface area (Å²) in [6, 6.07) is 5.54. The van der Waals surface area contributed by atoms with Crippen molar-refractivity contribution in [1.29, 1.82) is 0 Å². The van der Waals surface area contributed by atoms with Crippen LogP contribution in [0.15, 0.2) is 24.3 Å². The molecule has 2 atom stereocenters. The molecule has 5 rings (SSSR count). The molecule has 3 heterocycles. The predicted molar refractivity (Wildman–Crippen MR) is 127 cm³/mol. The maximum atomic E-state index is 13.2. The maximum absolute atomic E-state index is 13.2. The number of anilines is 1. The van der Waals surface area contributed by atoms with Crippen LogP contribution in [0.1, 0.15) is 74.1 Å². The van der Waals surface area contributed by atoms with Crippen LogP contribution in [0.3, 0.4) is 0 Å². The molecule has 1 aliphatic carbocycles. The summed E-state index contributed by atoms with van der Waals surface area (Å²) in [7, 11) is 0. The molecule has 2 aromatic rings. The monoisotopic (exact) mass is 481 g/mol. The van der Waals surface area contributed by atoms with Crippen LogP contribution < -0.4 is 10.6 Å². The van der Waals surface area contributed by atoms with Gasteiger partial charge >= 0.3 is 0 Å². The minimum absolute atomic E-state index is 0.0188. The number of nitrogens with one attached hydrogen (secondary N) is 2. The summed E-state index contributed by atoms with van der Waals surface area (Å²) in [5.41, 5.74) is 2.09. The minimum Gasteiger partial charge on any atom is -0.376 e.